The molecule has 1 aliphatic heterocycles. The van der Waals surface area contributed by atoms with E-state index < -0.39 is 6.10 Å². The molecule has 0 amide bonds. The lowest BCUT2D eigenvalue weighted by molar-refractivity contribution is 0.110. The topological polar surface area (TPSA) is 72.0 Å². The van der Waals surface area contributed by atoms with Gasteiger partial charge in [0.25, 0.3) is 0 Å². The van der Waals surface area contributed by atoms with Crippen molar-refractivity contribution in [3.8, 4) is 5.82 Å². The largest absolute Gasteiger partial charge is 0.390 e. The fourth-order valence-electron chi connectivity index (χ4n) is 3.21. The number of aliphatic hydroxyl groups excluding tert-OH is 1. The van der Waals surface area contributed by atoms with Crippen LogP contribution in [0.25, 0.3) is 17.0 Å². The van der Waals surface area contributed by atoms with Crippen molar-refractivity contribution in [1.82, 2.24) is 29.0 Å². The lowest BCUT2D eigenvalue weighted by Gasteiger charge is -2.19. The number of hydrogen-bond acceptors (Lipinski definition) is 5. The van der Waals surface area contributed by atoms with Crippen molar-refractivity contribution in [3.05, 3.63) is 37.2 Å². The summed E-state index contributed by atoms with van der Waals surface area (Å²) in [4.78, 5) is 15.4. The van der Waals surface area contributed by atoms with Crippen molar-refractivity contribution in [2.24, 2.45) is 0 Å². The summed E-state index contributed by atoms with van der Waals surface area (Å²) in [7, 11) is 0. The van der Waals surface area contributed by atoms with E-state index in [0.29, 0.717) is 13.1 Å². The van der Waals surface area contributed by atoms with E-state index in [1.165, 1.54) is 12.8 Å². The highest BCUT2D eigenvalue weighted by Gasteiger charge is 2.18. The number of aliphatic hydroxyl groups is 1. The zero-order chi connectivity index (χ0) is 15.6. The number of β-amino-alcohol motifs (C(OH)–C–C–N with tert-alkyl or cyclic N) is 1. The predicted molar refractivity (Wildman–Crippen MR) is 86.3 cm³/mol. The molecule has 0 aliphatic carbocycles. The molecule has 1 fully saturated rings. The average molecular weight is 312 g/mol. The minimum Gasteiger partial charge on any atom is -0.390 e. The van der Waals surface area contributed by atoms with Gasteiger partial charge in [0.05, 0.1) is 19.0 Å². The number of aromatic nitrogens is 5. The maximum Gasteiger partial charge on any atom is 0.168 e. The number of imidazole rings is 1. The van der Waals surface area contributed by atoms with E-state index >= 15 is 0 Å². The van der Waals surface area contributed by atoms with Gasteiger partial charge in [-0.3, -0.25) is 0 Å². The van der Waals surface area contributed by atoms with Crippen LogP contribution in [0, 0.1) is 0 Å². The molecule has 0 saturated carbocycles. The van der Waals surface area contributed by atoms with Crippen molar-refractivity contribution in [2.75, 3.05) is 19.6 Å². The van der Waals surface area contributed by atoms with Gasteiger partial charge in [0.15, 0.2) is 17.0 Å². The van der Waals surface area contributed by atoms with Crippen LogP contribution in [0.4, 0.5) is 0 Å². The smallest absolute Gasteiger partial charge is 0.168 e. The third kappa shape index (κ3) is 2.85. The van der Waals surface area contributed by atoms with Gasteiger partial charge in [0.2, 0.25) is 0 Å². The van der Waals surface area contributed by atoms with E-state index in [1.54, 1.807) is 12.7 Å². The van der Waals surface area contributed by atoms with Crippen LogP contribution in [-0.4, -0.2) is 59.8 Å². The van der Waals surface area contributed by atoms with E-state index in [9.17, 15) is 5.11 Å². The van der Waals surface area contributed by atoms with E-state index in [0.717, 1.165) is 30.1 Å². The number of likely N-dealkylation sites (tertiary alicyclic amines) is 1. The molecule has 1 aliphatic rings. The molecule has 0 aromatic carbocycles. The van der Waals surface area contributed by atoms with Gasteiger partial charge in [0, 0.05) is 18.9 Å². The van der Waals surface area contributed by atoms with Crippen LogP contribution >= 0.6 is 0 Å². The second kappa shape index (κ2) is 6.10. The molecule has 0 bridgehead atoms. The summed E-state index contributed by atoms with van der Waals surface area (Å²) in [5.74, 6) is 0.757. The molecule has 0 radical (unpaired) electrons. The molecule has 4 heterocycles. The zero-order valence-electron chi connectivity index (χ0n) is 12.9. The van der Waals surface area contributed by atoms with Crippen molar-refractivity contribution in [1.29, 1.82) is 0 Å². The Balaban J connectivity index is 1.57. The van der Waals surface area contributed by atoms with E-state index in [-0.39, 0.29) is 0 Å². The fourth-order valence-corrected chi connectivity index (χ4v) is 3.21. The van der Waals surface area contributed by atoms with Crippen molar-refractivity contribution >= 4 is 11.2 Å². The Kier molecular flexibility index (Phi) is 3.80. The molecule has 120 valence electrons. The molecular weight excluding hydrogens is 292 g/mol. The summed E-state index contributed by atoms with van der Waals surface area (Å²) in [6, 6.07) is 3.90. The summed E-state index contributed by atoms with van der Waals surface area (Å²) in [5.41, 5.74) is 1.50. The Morgan fingerprint density at radius 2 is 1.83 bits per heavy atom. The van der Waals surface area contributed by atoms with Crippen molar-refractivity contribution < 1.29 is 5.11 Å². The first-order chi connectivity index (χ1) is 11.3. The van der Waals surface area contributed by atoms with Gasteiger partial charge < -0.3 is 19.1 Å². The second-order valence-corrected chi connectivity index (χ2v) is 6.02. The molecule has 1 saturated heterocycles. The van der Waals surface area contributed by atoms with Gasteiger partial charge in [0.1, 0.15) is 6.33 Å². The van der Waals surface area contributed by atoms with Gasteiger partial charge >= 0.3 is 0 Å². The maximum atomic E-state index is 10.4. The third-order valence-electron chi connectivity index (χ3n) is 4.31. The van der Waals surface area contributed by atoms with Crippen LogP contribution in [-0.2, 0) is 6.54 Å². The molecule has 1 unspecified atom stereocenters. The van der Waals surface area contributed by atoms with E-state index in [4.69, 9.17) is 0 Å². The first-order valence-electron chi connectivity index (χ1n) is 8.01. The minimum atomic E-state index is -0.421. The number of hydrogen-bond donors (Lipinski definition) is 1. The Morgan fingerprint density at radius 1 is 1.04 bits per heavy atom. The van der Waals surface area contributed by atoms with E-state index in [2.05, 4.69) is 19.9 Å². The Hall–Kier alpha value is -2.25. The Bertz CT molecular complexity index is 775. The SMILES string of the molecule is OC(CN1CCCC1)Cn1cnc2c(-n3cccc3)ncnc21. The lowest BCUT2D eigenvalue weighted by Crippen LogP contribution is -2.32. The molecular formula is C16H20N6O. The molecule has 1 atom stereocenters. The van der Waals surface area contributed by atoms with Crippen LogP contribution in [0.3, 0.4) is 0 Å². The minimum absolute atomic E-state index is 0.421. The number of fused-ring (bicyclic) bond motifs is 1. The molecule has 3 aromatic heterocycles. The first kappa shape index (κ1) is 14.3. The standard InChI is InChI=1S/C16H20N6O/c23-13(9-20-5-1-2-6-20)10-22-12-19-14-15(17-11-18-16(14)22)21-7-3-4-8-21/h3-4,7-8,11-13,23H,1-2,5-6,9-10H2. The Morgan fingerprint density at radius 3 is 2.61 bits per heavy atom. The summed E-state index contributed by atoms with van der Waals surface area (Å²) < 4.78 is 3.83. The molecule has 4 rings (SSSR count). The van der Waals surface area contributed by atoms with Crippen molar-refractivity contribution in [2.45, 2.75) is 25.5 Å². The first-order valence-corrected chi connectivity index (χ1v) is 8.01. The van der Waals surface area contributed by atoms with Crippen LogP contribution in [0.5, 0.6) is 0 Å². The molecule has 1 N–H and O–H groups in total. The Labute approximate surface area is 134 Å². The van der Waals surface area contributed by atoms with Crippen molar-refractivity contribution in [3.63, 3.8) is 0 Å². The highest BCUT2D eigenvalue weighted by molar-refractivity contribution is 5.78. The summed E-state index contributed by atoms with van der Waals surface area (Å²) in [6.07, 6.45) is 9.19. The molecule has 0 spiro atoms. The van der Waals surface area contributed by atoms with E-state index in [1.807, 2.05) is 33.7 Å². The fraction of sp³-hybridized carbons (Fsp3) is 0.438. The molecule has 7 heteroatoms. The number of rotatable bonds is 5. The lowest BCUT2D eigenvalue weighted by atomic mass is 10.3. The van der Waals surface area contributed by atoms with Crippen LogP contribution < -0.4 is 0 Å². The number of nitrogens with zero attached hydrogens (tertiary/aromatic N) is 6. The van der Waals surface area contributed by atoms with Gasteiger partial charge in [-0.2, -0.15) is 0 Å². The highest BCUT2D eigenvalue weighted by atomic mass is 16.3. The zero-order valence-corrected chi connectivity index (χ0v) is 12.9. The monoisotopic (exact) mass is 312 g/mol. The van der Waals surface area contributed by atoms with Crippen LogP contribution in [0.1, 0.15) is 12.8 Å². The second-order valence-electron chi connectivity index (χ2n) is 6.02. The maximum absolute atomic E-state index is 10.4. The molecule has 23 heavy (non-hydrogen) atoms. The third-order valence-corrected chi connectivity index (χ3v) is 4.31. The summed E-state index contributed by atoms with van der Waals surface area (Å²) in [5, 5.41) is 10.4. The average Bonchev–Trinajstić information content (AvgIpc) is 3.28. The van der Waals surface area contributed by atoms with Crippen LogP contribution in [0.2, 0.25) is 0 Å². The summed E-state index contributed by atoms with van der Waals surface area (Å²) >= 11 is 0. The van der Waals surface area contributed by atoms with Gasteiger partial charge in [-0.15, -0.1) is 0 Å². The molecule has 3 aromatic rings. The summed E-state index contributed by atoms with van der Waals surface area (Å²) in [6.45, 7) is 3.37. The highest BCUT2D eigenvalue weighted by Crippen LogP contribution is 2.17. The predicted octanol–water partition coefficient (Wildman–Crippen LogP) is 1.07. The van der Waals surface area contributed by atoms with Gasteiger partial charge in [-0.1, -0.05) is 0 Å². The van der Waals surface area contributed by atoms with Gasteiger partial charge in [-0.05, 0) is 38.1 Å². The van der Waals surface area contributed by atoms with Gasteiger partial charge in [-0.25, -0.2) is 15.0 Å². The quantitative estimate of drug-likeness (QED) is 0.763. The van der Waals surface area contributed by atoms with Crippen LogP contribution in [0.15, 0.2) is 37.2 Å². The molecule has 7 nitrogen and oxygen atoms in total. The normalized spacial score (nSPS) is 17.1.